The van der Waals surface area contributed by atoms with Crippen molar-refractivity contribution in [2.45, 2.75) is 6.61 Å². The Labute approximate surface area is 137 Å². The number of aldehydes is 1. The zero-order valence-corrected chi connectivity index (χ0v) is 12.7. The molecule has 0 aliphatic carbocycles. The van der Waals surface area contributed by atoms with Gasteiger partial charge in [-0.25, -0.2) is 0 Å². The number of carbonyl (C=O) groups excluding carboxylic acids is 1. The first-order valence-corrected chi connectivity index (χ1v) is 7.24. The molecule has 0 atom stereocenters. The second-order valence-electron chi connectivity index (χ2n) is 4.99. The summed E-state index contributed by atoms with van der Waals surface area (Å²) in [5, 5.41) is 3.11. The zero-order valence-electron chi connectivity index (χ0n) is 12.0. The van der Waals surface area contributed by atoms with Gasteiger partial charge >= 0.3 is 0 Å². The highest BCUT2D eigenvalue weighted by Crippen LogP contribution is 2.31. The molecule has 116 valence electrons. The summed E-state index contributed by atoms with van der Waals surface area (Å²) < 4.78 is 11.2. The summed E-state index contributed by atoms with van der Waals surface area (Å²) in [6.07, 6.45) is 2.58. The highest BCUT2D eigenvalue weighted by molar-refractivity contribution is 6.33. The maximum absolute atomic E-state index is 10.8. The second kappa shape index (κ2) is 6.62. The number of carbonyl (C=O) groups is 1. The van der Waals surface area contributed by atoms with E-state index in [0.29, 0.717) is 28.7 Å². The van der Waals surface area contributed by atoms with Crippen LogP contribution >= 0.6 is 11.6 Å². The minimum Gasteiger partial charge on any atom is -0.489 e. The quantitative estimate of drug-likeness (QED) is 0.606. The third-order valence-corrected chi connectivity index (χ3v) is 3.69. The fraction of sp³-hybridized carbons (Fsp3) is 0.118. The molecule has 1 heterocycles. The first kappa shape index (κ1) is 15.2. The van der Waals surface area contributed by atoms with Gasteiger partial charge in [0.2, 0.25) is 0 Å². The van der Waals surface area contributed by atoms with Gasteiger partial charge < -0.3 is 9.47 Å². The van der Waals surface area contributed by atoms with E-state index in [1.54, 1.807) is 36.4 Å². The Hall–Kier alpha value is -2.66. The predicted molar refractivity (Wildman–Crippen MR) is 87.2 cm³/mol. The lowest BCUT2D eigenvalue weighted by molar-refractivity contribution is -0.105. The van der Waals surface area contributed by atoms with Crippen LogP contribution in [0.15, 0.2) is 47.1 Å². The Bertz CT molecular complexity index is 801. The van der Waals surface area contributed by atoms with Gasteiger partial charge in [0.1, 0.15) is 36.7 Å². The van der Waals surface area contributed by atoms with Crippen molar-refractivity contribution in [3.63, 3.8) is 0 Å². The molecular weight excluding hydrogens is 318 g/mol. The minimum absolute atomic E-state index is 0.204. The molecule has 2 aromatic carbocycles. The molecule has 0 unspecified atom stereocenters. The monoisotopic (exact) mass is 329 g/mol. The number of hydrogen-bond donors (Lipinski definition) is 0. The number of nitrogens with zero attached hydrogens (tertiary/aromatic N) is 1. The van der Waals surface area contributed by atoms with Crippen molar-refractivity contribution in [1.29, 1.82) is 0 Å². The Kier molecular flexibility index (Phi) is 4.39. The van der Waals surface area contributed by atoms with Crippen LogP contribution < -0.4 is 9.47 Å². The second-order valence-corrected chi connectivity index (χ2v) is 5.40. The predicted octanol–water partition coefficient (Wildman–Crippen LogP) is 4.29. The smallest absolute Gasteiger partial charge is 0.149 e. The number of benzene rings is 2. The number of hydrogen-bond acceptors (Lipinski definition) is 5. The zero-order chi connectivity index (χ0) is 16.2. The summed E-state index contributed by atoms with van der Waals surface area (Å²) in [7, 11) is 0. The molecule has 23 heavy (non-hydrogen) atoms. The van der Waals surface area contributed by atoms with Crippen molar-refractivity contribution in [3.8, 4) is 11.5 Å². The van der Waals surface area contributed by atoms with Crippen molar-refractivity contribution < 1.29 is 14.3 Å². The molecule has 3 rings (SSSR count). The molecule has 2 aromatic rings. The molecule has 0 fully saturated rings. The van der Waals surface area contributed by atoms with Crippen LogP contribution in [-0.2, 0) is 11.4 Å². The van der Waals surface area contributed by atoms with Crippen molar-refractivity contribution in [2.75, 3.05) is 6.61 Å². The number of fused-ring (bicyclic) bond motifs is 1. The Morgan fingerprint density at radius 1 is 1.26 bits per heavy atom. The highest BCUT2D eigenvalue weighted by Gasteiger charge is 2.12. The van der Waals surface area contributed by atoms with E-state index in [2.05, 4.69) is 5.18 Å². The van der Waals surface area contributed by atoms with Gasteiger partial charge in [-0.2, -0.15) is 0 Å². The van der Waals surface area contributed by atoms with Crippen LogP contribution in [0.3, 0.4) is 0 Å². The summed E-state index contributed by atoms with van der Waals surface area (Å²) >= 11 is 5.93. The molecular formula is C17H12ClNO4. The third-order valence-electron chi connectivity index (χ3n) is 3.39. The van der Waals surface area contributed by atoms with E-state index in [1.165, 1.54) is 0 Å². The van der Waals surface area contributed by atoms with E-state index < -0.39 is 0 Å². The van der Waals surface area contributed by atoms with Gasteiger partial charge in [0.25, 0.3) is 0 Å². The van der Waals surface area contributed by atoms with Gasteiger partial charge in [0.15, 0.2) is 0 Å². The molecule has 0 bridgehead atoms. The molecule has 0 aromatic heterocycles. The molecule has 0 saturated heterocycles. The van der Waals surface area contributed by atoms with Gasteiger partial charge in [-0.15, -0.1) is 4.91 Å². The van der Waals surface area contributed by atoms with E-state index >= 15 is 0 Å². The standard InChI is InChI=1S/C17H12ClNO4/c18-15-6-11(1-4-16(15)19-21)9-22-14-3-2-13-5-12(8-20)10-23-17(13)7-14/h1-8H,9-10H2. The van der Waals surface area contributed by atoms with E-state index in [0.717, 1.165) is 17.4 Å². The van der Waals surface area contributed by atoms with Crippen LogP contribution in [0.4, 0.5) is 5.69 Å². The SMILES string of the molecule is O=CC1=Cc2ccc(OCc3ccc(N=O)c(Cl)c3)cc2OC1. The van der Waals surface area contributed by atoms with Gasteiger partial charge in [-0.1, -0.05) is 17.7 Å². The Morgan fingerprint density at radius 3 is 2.87 bits per heavy atom. The van der Waals surface area contributed by atoms with Crippen molar-refractivity contribution in [3.05, 3.63) is 63.0 Å². The molecule has 0 N–H and O–H groups in total. The first-order valence-electron chi connectivity index (χ1n) is 6.87. The number of rotatable bonds is 5. The van der Waals surface area contributed by atoms with E-state index in [9.17, 15) is 9.70 Å². The van der Waals surface area contributed by atoms with Crippen LogP contribution in [0.25, 0.3) is 6.08 Å². The molecule has 0 radical (unpaired) electrons. The molecule has 0 saturated carbocycles. The maximum atomic E-state index is 10.8. The molecule has 1 aliphatic heterocycles. The lowest BCUT2D eigenvalue weighted by atomic mass is 10.1. The lowest BCUT2D eigenvalue weighted by Crippen LogP contribution is -2.08. The van der Waals surface area contributed by atoms with Crippen LogP contribution in [0.2, 0.25) is 5.02 Å². The number of ether oxygens (including phenoxy) is 2. The van der Waals surface area contributed by atoms with Gasteiger partial charge in [-0.05, 0) is 41.1 Å². The van der Waals surface area contributed by atoms with Gasteiger partial charge in [0.05, 0.1) is 5.02 Å². The topological polar surface area (TPSA) is 65.0 Å². The Morgan fingerprint density at radius 2 is 2.13 bits per heavy atom. The number of nitroso groups, excluding NO2 is 1. The van der Waals surface area contributed by atoms with Crippen LogP contribution in [0, 0.1) is 4.91 Å². The molecule has 5 nitrogen and oxygen atoms in total. The molecule has 6 heteroatoms. The minimum atomic E-state index is 0.204. The normalized spacial score (nSPS) is 12.7. The van der Waals surface area contributed by atoms with Crippen molar-refractivity contribution >= 4 is 29.7 Å². The average Bonchev–Trinajstić information content (AvgIpc) is 2.59. The largest absolute Gasteiger partial charge is 0.489 e. The highest BCUT2D eigenvalue weighted by atomic mass is 35.5. The number of halogens is 1. The van der Waals surface area contributed by atoms with Gasteiger partial charge in [0, 0.05) is 17.2 Å². The van der Waals surface area contributed by atoms with E-state index in [1.807, 2.05) is 6.07 Å². The molecule has 0 spiro atoms. The fourth-order valence-electron chi connectivity index (χ4n) is 2.20. The first-order chi connectivity index (χ1) is 11.2. The maximum Gasteiger partial charge on any atom is 0.149 e. The van der Waals surface area contributed by atoms with Crippen LogP contribution in [-0.4, -0.2) is 12.9 Å². The van der Waals surface area contributed by atoms with E-state index in [-0.39, 0.29) is 12.3 Å². The lowest BCUT2D eigenvalue weighted by Gasteiger charge is -2.16. The van der Waals surface area contributed by atoms with Crippen molar-refractivity contribution in [1.82, 2.24) is 0 Å². The van der Waals surface area contributed by atoms with Gasteiger partial charge in [-0.3, -0.25) is 4.79 Å². The van der Waals surface area contributed by atoms with Crippen LogP contribution in [0.1, 0.15) is 11.1 Å². The van der Waals surface area contributed by atoms with E-state index in [4.69, 9.17) is 21.1 Å². The summed E-state index contributed by atoms with van der Waals surface area (Å²) in [6.45, 7) is 0.558. The molecule has 1 aliphatic rings. The van der Waals surface area contributed by atoms with Crippen molar-refractivity contribution in [2.24, 2.45) is 5.18 Å². The molecule has 0 amide bonds. The fourth-order valence-corrected chi connectivity index (χ4v) is 2.44. The Balaban J connectivity index is 1.72. The summed E-state index contributed by atoms with van der Waals surface area (Å²) in [5.41, 5.74) is 2.47. The summed E-state index contributed by atoms with van der Waals surface area (Å²) in [5.74, 6) is 1.31. The van der Waals surface area contributed by atoms with Crippen LogP contribution in [0.5, 0.6) is 11.5 Å². The average molecular weight is 330 g/mol. The third kappa shape index (κ3) is 3.40. The summed E-state index contributed by atoms with van der Waals surface area (Å²) in [4.78, 5) is 21.3. The summed E-state index contributed by atoms with van der Waals surface area (Å²) in [6, 6.07) is 10.3.